The van der Waals surface area contributed by atoms with Gasteiger partial charge in [-0.2, -0.15) is 0 Å². The van der Waals surface area contributed by atoms with Crippen molar-refractivity contribution in [3.8, 4) is 0 Å². The third-order valence-corrected chi connectivity index (χ3v) is 6.09. The fourth-order valence-corrected chi connectivity index (χ4v) is 4.67. The Hall–Kier alpha value is -2.18. The van der Waals surface area contributed by atoms with E-state index in [1.165, 1.54) is 10.4 Å². The zero-order valence-corrected chi connectivity index (χ0v) is 16.0. The van der Waals surface area contributed by atoms with Gasteiger partial charge in [0.2, 0.25) is 0 Å². The number of amides is 1. The van der Waals surface area contributed by atoms with Crippen LogP contribution in [-0.4, -0.2) is 54.7 Å². The molecule has 0 saturated carbocycles. The van der Waals surface area contributed by atoms with E-state index in [1.54, 1.807) is 30.3 Å². The summed E-state index contributed by atoms with van der Waals surface area (Å²) in [5, 5.41) is 4.29. The van der Waals surface area contributed by atoms with E-state index in [0.717, 1.165) is 48.6 Å². The summed E-state index contributed by atoms with van der Waals surface area (Å²) in [6, 6.07) is 12.3. The first-order valence-corrected chi connectivity index (χ1v) is 9.75. The van der Waals surface area contributed by atoms with Crippen molar-refractivity contribution in [2.45, 2.75) is 25.5 Å². The Labute approximate surface area is 157 Å². The van der Waals surface area contributed by atoms with Crippen molar-refractivity contribution in [1.82, 2.24) is 9.80 Å². The molecule has 1 amide bonds. The number of hydrogen-bond donors (Lipinski definition) is 0. The Morgan fingerprint density at radius 3 is 2.92 bits per heavy atom. The van der Waals surface area contributed by atoms with E-state index in [9.17, 15) is 4.79 Å². The predicted octanol–water partition coefficient (Wildman–Crippen LogP) is 3.00. The molecule has 1 unspecified atom stereocenters. The monoisotopic (exact) mass is 369 g/mol. The molecule has 0 fully saturated rings. The number of nitrogens with zero attached hydrogens (tertiary/aromatic N) is 3. The molecule has 0 saturated heterocycles. The van der Waals surface area contributed by atoms with Gasteiger partial charge in [-0.15, -0.1) is 11.3 Å². The molecule has 2 aromatic rings. The number of benzene rings is 1. The van der Waals surface area contributed by atoms with Crippen molar-refractivity contribution >= 4 is 23.0 Å². The first kappa shape index (κ1) is 17.2. The van der Waals surface area contributed by atoms with Gasteiger partial charge in [0, 0.05) is 45.0 Å². The van der Waals surface area contributed by atoms with Crippen LogP contribution >= 0.6 is 11.3 Å². The van der Waals surface area contributed by atoms with Crippen LogP contribution < -0.4 is 0 Å². The van der Waals surface area contributed by atoms with Gasteiger partial charge < -0.3 is 9.74 Å². The molecule has 2 aliphatic rings. The van der Waals surface area contributed by atoms with Gasteiger partial charge >= 0.3 is 0 Å². The second-order valence-corrected chi connectivity index (χ2v) is 8.22. The van der Waals surface area contributed by atoms with Gasteiger partial charge in [0.25, 0.3) is 5.91 Å². The topological polar surface area (TPSA) is 45.1 Å². The predicted molar refractivity (Wildman–Crippen MR) is 104 cm³/mol. The minimum atomic E-state index is 0.0935. The van der Waals surface area contributed by atoms with Crippen molar-refractivity contribution in [3.63, 3.8) is 0 Å². The van der Waals surface area contributed by atoms with Crippen LogP contribution in [0.4, 0.5) is 0 Å². The standard InChI is InChI=1S/C20H23N3O2S/c1-22(2)20(24)19-10-15-12-23(9-8-18(15)26-19)13-16-11-17(21-25-16)14-6-4-3-5-7-14/h3-7,10,16H,8-9,11-13H2,1-2H3. The second kappa shape index (κ2) is 7.21. The molecule has 6 heteroatoms. The zero-order valence-electron chi connectivity index (χ0n) is 15.1. The molecule has 0 spiro atoms. The van der Waals surface area contributed by atoms with Crippen molar-refractivity contribution in [3.05, 3.63) is 57.3 Å². The Bertz CT molecular complexity index is 829. The Balaban J connectivity index is 1.36. The maximum absolute atomic E-state index is 12.2. The summed E-state index contributed by atoms with van der Waals surface area (Å²) in [6.07, 6.45) is 1.95. The van der Waals surface area contributed by atoms with Gasteiger partial charge in [0.1, 0.15) is 6.10 Å². The quantitative estimate of drug-likeness (QED) is 0.832. The summed E-state index contributed by atoms with van der Waals surface area (Å²) in [5.74, 6) is 0.0935. The fourth-order valence-electron chi connectivity index (χ4n) is 3.49. The van der Waals surface area contributed by atoms with Crippen LogP contribution in [0.2, 0.25) is 0 Å². The lowest BCUT2D eigenvalue weighted by Crippen LogP contribution is -2.36. The number of carbonyl (C=O) groups is 1. The highest BCUT2D eigenvalue weighted by Gasteiger charge is 2.27. The number of thiophene rings is 1. The van der Waals surface area contributed by atoms with Gasteiger partial charge in [-0.1, -0.05) is 35.5 Å². The van der Waals surface area contributed by atoms with E-state index in [2.05, 4.69) is 28.3 Å². The third-order valence-electron chi connectivity index (χ3n) is 4.86. The smallest absolute Gasteiger partial charge is 0.263 e. The maximum Gasteiger partial charge on any atom is 0.263 e. The summed E-state index contributed by atoms with van der Waals surface area (Å²) in [7, 11) is 3.60. The summed E-state index contributed by atoms with van der Waals surface area (Å²) >= 11 is 1.64. The number of fused-ring (bicyclic) bond motifs is 1. The highest BCUT2D eigenvalue weighted by molar-refractivity contribution is 7.14. The number of carbonyl (C=O) groups excluding carboxylic acids is 1. The van der Waals surface area contributed by atoms with Crippen LogP contribution in [0, 0.1) is 0 Å². The van der Waals surface area contributed by atoms with Crippen LogP contribution in [-0.2, 0) is 17.8 Å². The van der Waals surface area contributed by atoms with Crippen molar-refractivity contribution in [1.29, 1.82) is 0 Å². The number of hydrogen-bond acceptors (Lipinski definition) is 5. The van der Waals surface area contributed by atoms with Crippen molar-refractivity contribution in [2.75, 3.05) is 27.2 Å². The van der Waals surface area contributed by atoms with E-state index in [1.807, 2.05) is 18.2 Å². The van der Waals surface area contributed by atoms with Crippen LogP contribution in [0.15, 0.2) is 41.6 Å². The first-order valence-electron chi connectivity index (χ1n) is 8.94. The molecule has 1 aromatic heterocycles. The van der Waals surface area contributed by atoms with Gasteiger partial charge in [0.15, 0.2) is 0 Å². The van der Waals surface area contributed by atoms with Crippen LogP contribution in [0.5, 0.6) is 0 Å². The SMILES string of the molecule is CN(C)C(=O)c1cc2c(s1)CCN(CC1CC(c3ccccc3)=NO1)C2. The molecule has 0 N–H and O–H groups in total. The van der Waals surface area contributed by atoms with Crippen LogP contribution in [0.1, 0.15) is 32.1 Å². The van der Waals surface area contributed by atoms with E-state index in [-0.39, 0.29) is 12.0 Å². The lowest BCUT2D eigenvalue weighted by atomic mass is 10.0. The lowest BCUT2D eigenvalue weighted by Gasteiger charge is -2.28. The molecule has 1 aromatic carbocycles. The second-order valence-electron chi connectivity index (χ2n) is 7.08. The molecule has 1 atom stereocenters. The highest BCUT2D eigenvalue weighted by Crippen LogP contribution is 2.29. The van der Waals surface area contributed by atoms with Crippen LogP contribution in [0.25, 0.3) is 0 Å². The third kappa shape index (κ3) is 3.52. The minimum Gasteiger partial charge on any atom is -0.390 e. The molecule has 26 heavy (non-hydrogen) atoms. The maximum atomic E-state index is 12.2. The van der Waals surface area contributed by atoms with Gasteiger partial charge in [0.05, 0.1) is 10.6 Å². The van der Waals surface area contributed by atoms with E-state index in [4.69, 9.17) is 4.84 Å². The first-order chi connectivity index (χ1) is 12.6. The fraction of sp³-hybridized carbons (Fsp3) is 0.400. The average molecular weight is 369 g/mol. The minimum absolute atomic E-state index is 0.0935. The molecule has 0 bridgehead atoms. The van der Waals surface area contributed by atoms with Gasteiger partial charge in [-0.05, 0) is 23.6 Å². The van der Waals surface area contributed by atoms with E-state index >= 15 is 0 Å². The summed E-state index contributed by atoms with van der Waals surface area (Å²) < 4.78 is 0. The Kier molecular flexibility index (Phi) is 4.78. The lowest BCUT2D eigenvalue weighted by molar-refractivity contribution is 0.0490. The Morgan fingerprint density at radius 2 is 2.15 bits per heavy atom. The summed E-state index contributed by atoms with van der Waals surface area (Å²) in [6.45, 7) is 2.75. The average Bonchev–Trinajstić information content (AvgIpc) is 3.28. The normalized spacial score (nSPS) is 19.6. The molecule has 5 nitrogen and oxygen atoms in total. The molecular formula is C20H23N3O2S. The largest absolute Gasteiger partial charge is 0.390 e. The summed E-state index contributed by atoms with van der Waals surface area (Å²) in [4.78, 5) is 24.1. The summed E-state index contributed by atoms with van der Waals surface area (Å²) in [5.41, 5.74) is 3.46. The number of rotatable bonds is 4. The Morgan fingerprint density at radius 1 is 1.35 bits per heavy atom. The van der Waals surface area contributed by atoms with Gasteiger partial charge in [-0.3, -0.25) is 9.69 Å². The van der Waals surface area contributed by atoms with E-state index in [0.29, 0.717) is 0 Å². The molecule has 0 aliphatic carbocycles. The van der Waals surface area contributed by atoms with Crippen LogP contribution in [0.3, 0.4) is 0 Å². The molecular weight excluding hydrogens is 346 g/mol. The highest BCUT2D eigenvalue weighted by atomic mass is 32.1. The number of oxime groups is 1. The molecule has 2 aliphatic heterocycles. The molecule has 4 rings (SSSR count). The zero-order chi connectivity index (χ0) is 18.1. The molecule has 3 heterocycles. The molecule has 136 valence electrons. The molecule has 0 radical (unpaired) electrons. The van der Waals surface area contributed by atoms with Crippen molar-refractivity contribution in [2.24, 2.45) is 5.16 Å². The van der Waals surface area contributed by atoms with E-state index < -0.39 is 0 Å². The van der Waals surface area contributed by atoms with Gasteiger partial charge in [-0.25, -0.2) is 0 Å². The van der Waals surface area contributed by atoms with Crippen molar-refractivity contribution < 1.29 is 9.63 Å².